The highest BCUT2D eigenvalue weighted by Crippen LogP contribution is 2.10. The Morgan fingerprint density at radius 1 is 1.24 bits per heavy atom. The molecule has 1 aromatic carbocycles. The molecule has 0 aromatic heterocycles. The molecule has 0 heterocycles. The van der Waals surface area contributed by atoms with Crippen LogP contribution in [0.2, 0.25) is 0 Å². The van der Waals surface area contributed by atoms with E-state index in [-0.39, 0.29) is 17.5 Å². The fraction of sp³-hybridized carbons (Fsp3) is 0.357. The minimum Gasteiger partial charge on any atom is -0.478 e. The predicted octanol–water partition coefficient (Wildman–Crippen LogP) is 1.69. The minimum absolute atomic E-state index is 0.0581. The number of nitrogens with one attached hydrogen (secondary N) is 1. The number of hydrogen-bond donors (Lipinski definition) is 3. The van der Waals surface area contributed by atoms with Crippen molar-refractivity contribution in [3.8, 4) is 0 Å². The SMILES string of the molecule is CCCCC(NC(=O)c1ccccc1C(=O)O)C(=O)OO. The number of benzene rings is 1. The fourth-order valence-corrected chi connectivity index (χ4v) is 1.82. The van der Waals surface area contributed by atoms with Gasteiger partial charge in [-0.15, -0.1) is 0 Å². The predicted molar refractivity (Wildman–Crippen MR) is 72.9 cm³/mol. The van der Waals surface area contributed by atoms with Crippen molar-refractivity contribution in [2.24, 2.45) is 0 Å². The smallest absolute Gasteiger partial charge is 0.364 e. The lowest BCUT2D eigenvalue weighted by atomic mass is 10.1. The summed E-state index contributed by atoms with van der Waals surface area (Å²) >= 11 is 0. The third kappa shape index (κ3) is 4.57. The molecule has 0 bridgehead atoms. The molecule has 1 atom stereocenters. The van der Waals surface area contributed by atoms with Crippen molar-refractivity contribution in [3.05, 3.63) is 35.4 Å². The molecular formula is C14H17NO6. The monoisotopic (exact) mass is 295 g/mol. The second-order valence-electron chi connectivity index (χ2n) is 4.43. The summed E-state index contributed by atoms with van der Waals surface area (Å²) in [4.78, 5) is 38.2. The quantitative estimate of drug-likeness (QED) is 0.521. The van der Waals surface area contributed by atoms with Gasteiger partial charge in [-0.25, -0.2) is 9.59 Å². The van der Waals surface area contributed by atoms with E-state index in [0.29, 0.717) is 6.42 Å². The van der Waals surface area contributed by atoms with Crippen molar-refractivity contribution in [1.29, 1.82) is 0 Å². The van der Waals surface area contributed by atoms with Crippen molar-refractivity contribution in [2.75, 3.05) is 0 Å². The Hall–Kier alpha value is -2.41. The van der Waals surface area contributed by atoms with Crippen molar-refractivity contribution < 1.29 is 29.6 Å². The summed E-state index contributed by atoms with van der Waals surface area (Å²) in [6.07, 6.45) is 1.72. The Morgan fingerprint density at radius 2 is 1.86 bits per heavy atom. The summed E-state index contributed by atoms with van der Waals surface area (Å²) in [6, 6.07) is 4.64. The number of amides is 1. The van der Waals surface area contributed by atoms with Crippen LogP contribution in [0.3, 0.4) is 0 Å². The molecule has 0 saturated heterocycles. The molecule has 0 aliphatic rings. The van der Waals surface area contributed by atoms with Crippen LogP contribution in [0.25, 0.3) is 0 Å². The van der Waals surface area contributed by atoms with Gasteiger partial charge in [0.25, 0.3) is 5.91 Å². The summed E-state index contributed by atoms with van der Waals surface area (Å²) in [5, 5.41) is 19.8. The number of carbonyl (C=O) groups is 3. The summed E-state index contributed by atoms with van der Waals surface area (Å²) in [6.45, 7) is 1.91. The van der Waals surface area contributed by atoms with E-state index in [0.717, 1.165) is 6.42 Å². The first-order valence-corrected chi connectivity index (χ1v) is 6.49. The Morgan fingerprint density at radius 3 is 2.38 bits per heavy atom. The summed E-state index contributed by atoms with van der Waals surface area (Å²) in [5.41, 5.74) is -0.223. The van der Waals surface area contributed by atoms with Crippen molar-refractivity contribution in [1.82, 2.24) is 5.32 Å². The highest BCUT2D eigenvalue weighted by molar-refractivity contribution is 6.05. The van der Waals surface area contributed by atoms with E-state index in [1.807, 2.05) is 6.92 Å². The third-order valence-electron chi connectivity index (χ3n) is 2.93. The van der Waals surface area contributed by atoms with Crippen LogP contribution in [0, 0.1) is 0 Å². The maximum atomic E-state index is 12.1. The average Bonchev–Trinajstić information content (AvgIpc) is 2.50. The molecule has 7 heteroatoms. The molecule has 0 spiro atoms. The van der Waals surface area contributed by atoms with Crippen LogP contribution in [0.15, 0.2) is 24.3 Å². The highest BCUT2D eigenvalue weighted by atomic mass is 17.1. The molecule has 1 rings (SSSR count). The number of hydrogen-bond acceptors (Lipinski definition) is 5. The lowest BCUT2D eigenvalue weighted by molar-refractivity contribution is -0.236. The van der Waals surface area contributed by atoms with Gasteiger partial charge in [0.15, 0.2) is 0 Å². The molecule has 0 radical (unpaired) electrons. The largest absolute Gasteiger partial charge is 0.478 e. The maximum Gasteiger partial charge on any atom is 0.364 e. The molecule has 1 aromatic rings. The lowest BCUT2D eigenvalue weighted by Gasteiger charge is -2.15. The lowest BCUT2D eigenvalue weighted by Crippen LogP contribution is -2.42. The van der Waals surface area contributed by atoms with Crippen LogP contribution in [-0.4, -0.2) is 34.3 Å². The first-order valence-electron chi connectivity index (χ1n) is 6.49. The molecule has 3 N–H and O–H groups in total. The molecule has 1 unspecified atom stereocenters. The second-order valence-corrected chi connectivity index (χ2v) is 4.43. The third-order valence-corrected chi connectivity index (χ3v) is 2.93. The fourth-order valence-electron chi connectivity index (χ4n) is 1.82. The molecule has 0 fully saturated rings. The number of carboxylic acid groups (broad SMARTS) is 1. The average molecular weight is 295 g/mol. The Kier molecular flexibility index (Phi) is 6.35. The normalized spacial score (nSPS) is 11.5. The number of carbonyl (C=O) groups excluding carboxylic acids is 2. The Labute approximate surface area is 121 Å². The first kappa shape index (κ1) is 16.6. The number of rotatable bonds is 7. The van der Waals surface area contributed by atoms with Gasteiger partial charge in [0.1, 0.15) is 6.04 Å². The van der Waals surface area contributed by atoms with Gasteiger partial charge in [-0.05, 0) is 18.6 Å². The zero-order valence-electron chi connectivity index (χ0n) is 11.5. The topological polar surface area (TPSA) is 113 Å². The van der Waals surface area contributed by atoms with Gasteiger partial charge in [0.05, 0.1) is 11.1 Å². The van der Waals surface area contributed by atoms with E-state index >= 15 is 0 Å². The first-order chi connectivity index (χ1) is 10.0. The Bertz CT molecular complexity index is 528. The van der Waals surface area contributed by atoms with Crippen LogP contribution >= 0.6 is 0 Å². The second kappa shape index (κ2) is 8.01. The molecule has 0 saturated carbocycles. The van der Waals surface area contributed by atoms with Gasteiger partial charge in [0.2, 0.25) is 0 Å². The summed E-state index contributed by atoms with van der Waals surface area (Å²) in [7, 11) is 0. The molecule has 114 valence electrons. The van der Waals surface area contributed by atoms with Gasteiger partial charge in [-0.2, -0.15) is 5.26 Å². The van der Waals surface area contributed by atoms with Crippen molar-refractivity contribution >= 4 is 17.8 Å². The molecule has 0 aliphatic carbocycles. The number of carboxylic acids is 1. The van der Waals surface area contributed by atoms with Crippen LogP contribution < -0.4 is 5.32 Å². The van der Waals surface area contributed by atoms with E-state index in [2.05, 4.69) is 10.2 Å². The van der Waals surface area contributed by atoms with Gasteiger partial charge in [0, 0.05) is 0 Å². The minimum atomic E-state index is -1.24. The highest BCUT2D eigenvalue weighted by Gasteiger charge is 2.24. The van der Waals surface area contributed by atoms with Gasteiger partial charge in [-0.1, -0.05) is 31.9 Å². The van der Waals surface area contributed by atoms with E-state index in [1.165, 1.54) is 24.3 Å². The number of aromatic carboxylic acids is 1. The number of unbranched alkanes of at least 4 members (excludes halogenated alkanes) is 1. The molecule has 1 amide bonds. The van der Waals surface area contributed by atoms with E-state index in [4.69, 9.17) is 10.4 Å². The molecule has 0 aliphatic heterocycles. The van der Waals surface area contributed by atoms with Crippen LogP contribution in [-0.2, 0) is 9.68 Å². The van der Waals surface area contributed by atoms with Crippen molar-refractivity contribution in [3.63, 3.8) is 0 Å². The van der Waals surface area contributed by atoms with E-state index in [9.17, 15) is 14.4 Å². The Balaban J connectivity index is 2.91. The molecule has 7 nitrogen and oxygen atoms in total. The van der Waals surface area contributed by atoms with E-state index in [1.54, 1.807) is 0 Å². The van der Waals surface area contributed by atoms with E-state index < -0.39 is 23.9 Å². The van der Waals surface area contributed by atoms with Gasteiger partial charge in [-0.3, -0.25) is 9.68 Å². The standard InChI is InChI=1S/C14H17NO6/c1-2-3-8-11(14(19)21-20)15-12(16)9-6-4-5-7-10(9)13(17)18/h4-7,11,20H,2-3,8H2,1H3,(H,15,16)(H,17,18). The zero-order valence-corrected chi connectivity index (χ0v) is 11.5. The van der Waals surface area contributed by atoms with Gasteiger partial charge < -0.3 is 10.4 Å². The molecule has 21 heavy (non-hydrogen) atoms. The van der Waals surface area contributed by atoms with Crippen LogP contribution in [0.4, 0.5) is 0 Å². The van der Waals surface area contributed by atoms with Crippen molar-refractivity contribution in [2.45, 2.75) is 32.2 Å². The van der Waals surface area contributed by atoms with Crippen LogP contribution in [0.1, 0.15) is 46.9 Å². The van der Waals surface area contributed by atoms with Crippen LogP contribution in [0.5, 0.6) is 0 Å². The molecular weight excluding hydrogens is 278 g/mol. The maximum absolute atomic E-state index is 12.1. The summed E-state index contributed by atoms with van der Waals surface area (Å²) < 4.78 is 0. The van der Waals surface area contributed by atoms with Gasteiger partial charge >= 0.3 is 11.9 Å². The zero-order chi connectivity index (χ0) is 15.8. The summed E-state index contributed by atoms with van der Waals surface area (Å²) in [5.74, 6) is -2.93.